The van der Waals surface area contributed by atoms with E-state index >= 15 is 0 Å². The fraction of sp³-hybridized carbons (Fsp3) is 0.276. The van der Waals surface area contributed by atoms with E-state index in [1.807, 2.05) is 67.8 Å². The molecule has 0 saturated carbocycles. The first-order valence-electron chi connectivity index (χ1n) is 12.6. The van der Waals surface area contributed by atoms with Crippen LogP contribution in [0.2, 0.25) is 5.02 Å². The number of carbonyl (C=O) groups excluding carboxylic acids is 2. The van der Waals surface area contributed by atoms with Gasteiger partial charge in [0.05, 0.1) is 29.5 Å². The Balaban J connectivity index is 1.74. The number of hydrogen-bond acceptors (Lipinski definition) is 6. The van der Waals surface area contributed by atoms with Crippen LogP contribution in [0.25, 0.3) is 16.9 Å². The molecule has 1 N–H and O–H groups in total. The largest absolute Gasteiger partial charge is 0.497 e. The number of carbonyl (C=O) groups is 2. The molecule has 202 valence electrons. The van der Waals surface area contributed by atoms with Gasteiger partial charge in [-0.3, -0.25) is 14.5 Å². The van der Waals surface area contributed by atoms with Crippen molar-refractivity contribution in [3.05, 3.63) is 81.5 Å². The number of nitrogens with one attached hydrogen (secondary N) is 1. The van der Waals surface area contributed by atoms with Crippen molar-refractivity contribution in [1.29, 1.82) is 0 Å². The minimum Gasteiger partial charge on any atom is -0.497 e. The average Bonchev–Trinajstić information content (AvgIpc) is 3.58. The molecule has 1 aliphatic rings. The lowest BCUT2D eigenvalue weighted by Gasteiger charge is -2.23. The molecule has 0 unspecified atom stereocenters. The number of anilines is 1. The molecule has 0 radical (unpaired) electrons. The van der Waals surface area contributed by atoms with E-state index in [-0.39, 0.29) is 29.4 Å². The van der Waals surface area contributed by atoms with Crippen LogP contribution < -0.4 is 15.0 Å². The summed E-state index contributed by atoms with van der Waals surface area (Å²) in [4.78, 5) is 28.3. The molecule has 2 amide bonds. The van der Waals surface area contributed by atoms with E-state index in [0.717, 1.165) is 28.1 Å². The molecule has 0 aliphatic carbocycles. The van der Waals surface area contributed by atoms with Gasteiger partial charge in [0.1, 0.15) is 18.1 Å². The Bertz CT molecular complexity index is 1450. The van der Waals surface area contributed by atoms with E-state index in [1.165, 1.54) is 0 Å². The molecule has 2 aromatic heterocycles. The number of benzene rings is 2. The van der Waals surface area contributed by atoms with Crippen molar-refractivity contribution in [2.45, 2.75) is 19.1 Å². The number of fused-ring (bicyclic) bond motifs is 1. The van der Waals surface area contributed by atoms with Gasteiger partial charge in [-0.25, -0.2) is 4.68 Å². The number of aromatic nitrogens is 2. The highest BCUT2D eigenvalue weighted by Gasteiger charge is 2.37. The summed E-state index contributed by atoms with van der Waals surface area (Å²) in [7, 11) is 1.62. The van der Waals surface area contributed by atoms with Crippen molar-refractivity contribution >= 4 is 52.3 Å². The van der Waals surface area contributed by atoms with E-state index < -0.39 is 0 Å². The Morgan fingerprint density at radius 2 is 1.90 bits per heavy atom. The third-order valence-corrected chi connectivity index (χ3v) is 8.59. The summed E-state index contributed by atoms with van der Waals surface area (Å²) in [5.41, 5.74) is 4.35. The molecule has 7 nitrogen and oxygen atoms in total. The van der Waals surface area contributed by atoms with Crippen LogP contribution in [0.15, 0.2) is 65.4 Å². The molecule has 0 spiro atoms. The van der Waals surface area contributed by atoms with Crippen molar-refractivity contribution in [3.63, 3.8) is 0 Å². The van der Waals surface area contributed by atoms with Crippen LogP contribution in [-0.2, 0) is 9.59 Å². The van der Waals surface area contributed by atoms with Gasteiger partial charge in [0.25, 0.3) is 0 Å². The summed E-state index contributed by atoms with van der Waals surface area (Å²) < 4.78 is 7.14. The summed E-state index contributed by atoms with van der Waals surface area (Å²) in [5, 5.41) is 12.7. The normalized spacial score (nSPS) is 15.3. The molecular weight excluding hydrogens is 552 g/mol. The number of thioether (sulfide) groups is 1. The number of ether oxygens (including phenoxy) is 1. The first-order chi connectivity index (χ1) is 18.9. The fourth-order valence-electron chi connectivity index (χ4n) is 4.45. The van der Waals surface area contributed by atoms with Gasteiger partial charge in [-0.1, -0.05) is 37.6 Å². The van der Waals surface area contributed by atoms with Gasteiger partial charge in [0.15, 0.2) is 0 Å². The van der Waals surface area contributed by atoms with Crippen LogP contribution in [0.4, 0.5) is 5.82 Å². The molecule has 0 fully saturated rings. The minimum absolute atomic E-state index is 0.0998. The zero-order valence-electron chi connectivity index (χ0n) is 21.9. The van der Waals surface area contributed by atoms with Crippen molar-refractivity contribution < 1.29 is 14.3 Å². The SMILES string of the molecule is COc1ccc(-n2nc(-c3ccc(Cl)cc3)c3c2N(CC(=O)NCC(C)C)C(=O)CS[C@H]3c2ccsc2)cc1. The quantitative estimate of drug-likeness (QED) is 0.268. The Kier molecular flexibility index (Phi) is 8.30. The van der Waals surface area contributed by atoms with E-state index in [1.54, 1.807) is 39.8 Å². The minimum atomic E-state index is -0.211. The summed E-state index contributed by atoms with van der Waals surface area (Å²) >= 11 is 9.39. The monoisotopic (exact) mass is 580 g/mol. The van der Waals surface area contributed by atoms with Crippen molar-refractivity contribution in [2.75, 3.05) is 30.9 Å². The number of methoxy groups -OCH3 is 1. The standard InChI is InChI=1S/C29H29ClN4O3S2/c1-18(2)14-31-24(35)15-33-25(36)17-39-28(20-12-13-38-16-20)26-27(19-4-6-21(30)7-5-19)32-34(29(26)33)22-8-10-23(37-3)11-9-22/h4-13,16,18,28H,14-15,17H2,1-3H3,(H,31,35)/t28-/m0/s1. The lowest BCUT2D eigenvalue weighted by Crippen LogP contribution is -2.43. The van der Waals surface area contributed by atoms with Crippen LogP contribution in [0.3, 0.4) is 0 Å². The van der Waals surface area contributed by atoms with Crippen molar-refractivity contribution in [2.24, 2.45) is 5.92 Å². The van der Waals surface area contributed by atoms with Gasteiger partial charge in [0.2, 0.25) is 11.8 Å². The predicted octanol–water partition coefficient (Wildman–Crippen LogP) is 6.20. The molecule has 2 aromatic carbocycles. The Morgan fingerprint density at radius 3 is 2.54 bits per heavy atom. The molecular formula is C29H29ClN4O3S2. The second-order valence-corrected chi connectivity index (χ2v) is 11.9. The first-order valence-corrected chi connectivity index (χ1v) is 15.0. The third kappa shape index (κ3) is 5.85. The van der Waals surface area contributed by atoms with Crippen LogP contribution in [0.1, 0.15) is 30.2 Å². The summed E-state index contributed by atoms with van der Waals surface area (Å²) in [6.07, 6.45) is 0. The first kappa shape index (κ1) is 27.3. The highest BCUT2D eigenvalue weighted by molar-refractivity contribution is 8.00. The molecule has 0 saturated heterocycles. The second-order valence-electron chi connectivity index (χ2n) is 9.63. The molecule has 0 bridgehead atoms. The average molecular weight is 581 g/mol. The van der Waals surface area contributed by atoms with Crippen molar-refractivity contribution in [3.8, 4) is 22.7 Å². The van der Waals surface area contributed by atoms with Crippen LogP contribution in [0, 0.1) is 5.92 Å². The molecule has 1 aliphatic heterocycles. The highest BCUT2D eigenvalue weighted by atomic mass is 35.5. The molecule has 5 rings (SSSR count). The molecule has 1 atom stereocenters. The second kappa shape index (κ2) is 11.9. The van der Waals surface area contributed by atoms with Crippen molar-refractivity contribution in [1.82, 2.24) is 15.1 Å². The number of rotatable bonds is 8. The van der Waals surface area contributed by atoms with E-state index in [2.05, 4.69) is 16.8 Å². The molecule has 10 heteroatoms. The summed E-state index contributed by atoms with van der Waals surface area (Å²) in [6.45, 7) is 4.51. The smallest absolute Gasteiger partial charge is 0.240 e. The molecule has 39 heavy (non-hydrogen) atoms. The maximum Gasteiger partial charge on any atom is 0.240 e. The number of thiophene rings is 1. The number of hydrogen-bond donors (Lipinski definition) is 1. The molecule has 3 heterocycles. The Labute approximate surface area is 241 Å². The van der Waals surface area contributed by atoms with Crippen LogP contribution in [-0.4, -0.2) is 47.5 Å². The number of nitrogens with zero attached hydrogens (tertiary/aromatic N) is 3. The lowest BCUT2D eigenvalue weighted by atomic mass is 10.0. The van der Waals surface area contributed by atoms with Gasteiger partial charge in [-0.2, -0.15) is 16.4 Å². The lowest BCUT2D eigenvalue weighted by molar-refractivity contribution is -0.123. The van der Waals surface area contributed by atoms with Gasteiger partial charge < -0.3 is 10.1 Å². The van der Waals surface area contributed by atoms with Crippen LogP contribution in [0.5, 0.6) is 5.75 Å². The Hall–Kier alpha value is -3.27. The molecule has 4 aromatic rings. The van der Waals surface area contributed by atoms with E-state index in [0.29, 0.717) is 29.1 Å². The van der Waals surface area contributed by atoms with Gasteiger partial charge >= 0.3 is 0 Å². The fourth-order valence-corrected chi connectivity index (χ4v) is 6.53. The maximum atomic E-state index is 13.7. The topological polar surface area (TPSA) is 76.5 Å². The third-order valence-electron chi connectivity index (χ3n) is 6.38. The number of halogens is 1. The summed E-state index contributed by atoms with van der Waals surface area (Å²) in [5.74, 6) is 1.48. The number of amides is 2. The highest BCUT2D eigenvalue weighted by Crippen LogP contribution is 2.49. The van der Waals surface area contributed by atoms with Crippen LogP contribution >= 0.6 is 34.7 Å². The maximum absolute atomic E-state index is 13.7. The van der Waals surface area contributed by atoms with E-state index in [9.17, 15) is 9.59 Å². The Morgan fingerprint density at radius 1 is 1.15 bits per heavy atom. The van der Waals surface area contributed by atoms with Gasteiger partial charge in [-0.05, 0) is 64.7 Å². The van der Waals surface area contributed by atoms with Gasteiger partial charge in [0, 0.05) is 22.7 Å². The van der Waals surface area contributed by atoms with Gasteiger partial charge in [-0.15, -0.1) is 11.8 Å². The summed E-state index contributed by atoms with van der Waals surface area (Å²) in [6, 6.07) is 17.1. The predicted molar refractivity (Wildman–Crippen MR) is 159 cm³/mol. The zero-order chi connectivity index (χ0) is 27.5. The zero-order valence-corrected chi connectivity index (χ0v) is 24.3. The van der Waals surface area contributed by atoms with E-state index in [4.69, 9.17) is 21.4 Å².